The number of hydrogen-bond acceptors (Lipinski definition) is 7. The Labute approximate surface area is 217 Å². The molecule has 2 atom stereocenters. The Kier molecular flexibility index (Phi) is 9.96. The molecule has 0 spiro atoms. The van der Waals surface area contributed by atoms with Crippen molar-refractivity contribution in [3.05, 3.63) is 52.2 Å². The van der Waals surface area contributed by atoms with Crippen molar-refractivity contribution in [3.63, 3.8) is 0 Å². The molecule has 1 aliphatic rings. The van der Waals surface area contributed by atoms with Crippen LogP contribution < -0.4 is 15.4 Å². The van der Waals surface area contributed by atoms with Crippen LogP contribution in [0.2, 0.25) is 5.02 Å². The minimum Gasteiger partial charge on any atom is -0.496 e. The summed E-state index contributed by atoms with van der Waals surface area (Å²) in [4.78, 5) is 28.8. The van der Waals surface area contributed by atoms with E-state index in [0.29, 0.717) is 35.3 Å². The minimum absolute atomic E-state index is 0.0342. The molecule has 196 valence electrons. The van der Waals surface area contributed by atoms with Crippen LogP contribution in [0.5, 0.6) is 5.75 Å². The van der Waals surface area contributed by atoms with Gasteiger partial charge < -0.3 is 25.2 Å². The van der Waals surface area contributed by atoms with Crippen LogP contribution in [-0.4, -0.2) is 48.8 Å². The maximum Gasteiger partial charge on any atom is 0.308 e. The van der Waals surface area contributed by atoms with Crippen molar-refractivity contribution in [3.8, 4) is 5.75 Å². The van der Waals surface area contributed by atoms with Crippen molar-refractivity contribution in [1.82, 2.24) is 10.3 Å². The Morgan fingerprint density at radius 3 is 2.50 bits per heavy atom. The predicted octanol–water partition coefficient (Wildman–Crippen LogP) is 4.55. The van der Waals surface area contributed by atoms with Crippen LogP contribution in [0.25, 0.3) is 0 Å². The van der Waals surface area contributed by atoms with Gasteiger partial charge in [0.1, 0.15) is 11.6 Å². The molecule has 1 amide bonds. The van der Waals surface area contributed by atoms with Crippen molar-refractivity contribution in [2.45, 2.75) is 58.1 Å². The van der Waals surface area contributed by atoms with E-state index in [4.69, 9.17) is 21.1 Å². The molecule has 3 rings (SSSR count). The topological polar surface area (TPSA) is 110 Å². The van der Waals surface area contributed by atoms with Gasteiger partial charge in [0, 0.05) is 18.3 Å². The smallest absolute Gasteiger partial charge is 0.308 e. The number of methoxy groups -OCH3 is 2. The zero-order valence-electron chi connectivity index (χ0n) is 21.3. The summed E-state index contributed by atoms with van der Waals surface area (Å²) in [6.07, 6.45) is 4.92. The molecule has 1 fully saturated rings. The number of ether oxygens (including phenoxy) is 2. The third kappa shape index (κ3) is 7.34. The third-order valence-corrected chi connectivity index (χ3v) is 6.97. The van der Waals surface area contributed by atoms with Gasteiger partial charge in [-0.2, -0.15) is 0 Å². The van der Waals surface area contributed by atoms with Gasteiger partial charge in [-0.1, -0.05) is 17.7 Å². The lowest BCUT2D eigenvalue weighted by Crippen LogP contribution is -2.32. The van der Waals surface area contributed by atoms with Gasteiger partial charge in [-0.15, -0.1) is 0 Å². The summed E-state index contributed by atoms with van der Waals surface area (Å²) >= 11 is 6.47. The lowest BCUT2D eigenvalue weighted by molar-refractivity contribution is -0.146. The Morgan fingerprint density at radius 1 is 1.17 bits per heavy atom. The van der Waals surface area contributed by atoms with Crippen molar-refractivity contribution < 1.29 is 24.2 Å². The van der Waals surface area contributed by atoms with Crippen LogP contribution in [0.15, 0.2) is 30.5 Å². The van der Waals surface area contributed by atoms with Gasteiger partial charge in [-0.3, -0.25) is 9.59 Å². The number of aliphatic hydroxyl groups is 1. The van der Waals surface area contributed by atoms with Crippen molar-refractivity contribution in [1.29, 1.82) is 0 Å². The first-order valence-corrected chi connectivity index (χ1v) is 12.7. The zero-order valence-corrected chi connectivity index (χ0v) is 22.1. The SMILES string of the molecule is COc1ccc(CC(C)O)cc1[C@H](C)Nc1ncc(C(=O)NC[C@H]2CC[C@H](C(=O)OC)CC2)cc1Cl. The highest BCUT2D eigenvalue weighted by molar-refractivity contribution is 6.33. The van der Waals surface area contributed by atoms with Gasteiger partial charge in [0.2, 0.25) is 0 Å². The normalized spacial score (nSPS) is 19.2. The van der Waals surface area contributed by atoms with Crippen molar-refractivity contribution in [2.24, 2.45) is 11.8 Å². The van der Waals surface area contributed by atoms with Gasteiger partial charge in [0.25, 0.3) is 5.91 Å². The molecule has 9 heteroatoms. The molecule has 0 aliphatic heterocycles. The monoisotopic (exact) mass is 517 g/mol. The second-order valence-corrected chi connectivity index (χ2v) is 9.91. The minimum atomic E-state index is -0.445. The van der Waals surface area contributed by atoms with Gasteiger partial charge in [0.15, 0.2) is 0 Å². The van der Waals surface area contributed by atoms with Crippen molar-refractivity contribution in [2.75, 3.05) is 26.1 Å². The van der Waals surface area contributed by atoms with E-state index >= 15 is 0 Å². The highest BCUT2D eigenvalue weighted by Gasteiger charge is 2.27. The fraction of sp³-hybridized carbons (Fsp3) is 0.519. The summed E-state index contributed by atoms with van der Waals surface area (Å²) in [6.45, 7) is 4.27. The Morgan fingerprint density at radius 2 is 1.89 bits per heavy atom. The largest absolute Gasteiger partial charge is 0.496 e. The first-order valence-electron chi connectivity index (χ1n) is 12.3. The number of halogens is 1. The fourth-order valence-corrected chi connectivity index (χ4v) is 4.87. The molecule has 8 nitrogen and oxygen atoms in total. The first-order chi connectivity index (χ1) is 17.2. The summed E-state index contributed by atoms with van der Waals surface area (Å²) < 4.78 is 10.3. The maximum atomic E-state index is 12.7. The molecule has 1 heterocycles. The number of rotatable bonds is 10. The molecule has 1 saturated carbocycles. The molecule has 1 aromatic carbocycles. The number of esters is 1. The molecular weight excluding hydrogens is 482 g/mol. The quantitative estimate of drug-likeness (QED) is 0.396. The third-order valence-electron chi connectivity index (χ3n) is 6.68. The lowest BCUT2D eigenvalue weighted by Gasteiger charge is -2.27. The van der Waals surface area contributed by atoms with E-state index in [1.54, 1.807) is 20.1 Å². The number of carbonyl (C=O) groups is 2. The number of amides is 1. The number of anilines is 1. The number of nitrogens with one attached hydrogen (secondary N) is 2. The number of benzene rings is 1. The lowest BCUT2D eigenvalue weighted by atomic mass is 9.82. The van der Waals surface area contributed by atoms with Gasteiger partial charge in [0.05, 0.1) is 42.9 Å². The molecular formula is C27H36ClN3O5. The predicted molar refractivity (Wildman–Crippen MR) is 139 cm³/mol. The molecule has 0 radical (unpaired) electrons. The molecule has 3 N–H and O–H groups in total. The second kappa shape index (κ2) is 12.9. The van der Waals surface area contributed by atoms with E-state index < -0.39 is 6.10 Å². The number of aliphatic hydroxyl groups excluding tert-OH is 1. The number of nitrogens with zero attached hydrogens (tertiary/aromatic N) is 1. The summed E-state index contributed by atoms with van der Waals surface area (Å²) in [5.74, 6) is 1.10. The van der Waals surface area contributed by atoms with E-state index in [-0.39, 0.29) is 23.8 Å². The van der Waals surface area contributed by atoms with E-state index in [9.17, 15) is 14.7 Å². The number of pyridine rings is 1. The molecule has 0 saturated heterocycles. The average Bonchev–Trinajstić information content (AvgIpc) is 2.87. The zero-order chi connectivity index (χ0) is 26.2. The van der Waals surface area contributed by atoms with Crippen molar-refractivity contribution >= 4 is 29.3 Å². The average molecular weight is 518 g/mol. The molecule has 36 heavy (non-hydrogen) atoms. The van der Waals surface area contributed by atoms with E-state index in [1.165, 1.54) is 13.3 Å². The number of carbonyl (C=O) groups excluding carboxylic acids is 2. The number of aromatic nitrogens is 1. The summed E-state index contributed by atoms with van der Waals surface area (Å²) in [5, 5.41) is 16.3. The van der Waals surface area contributed by atoms with E-state index in [0.717, 1.165) is 42.6 Å². The summed E-state index contributed by atoms with van der Waals surface area (Å²) in [6, 6.07) is 7.24. The van der Waals surface area contributed by atoms with Crippen LogP contribution in [-0.2, 0) is 16.0 Å². The Bertz CT molecular complexity index is 1050. The van der Waals surface area contributed by atoms with Gasteiger partial charge >= 0.3 is 5.97 Å². The summed E-state index contributed by atoms with van der Waals surface area (Å²) in [7, 11) is 3.03. The van der Waals surface area contributed by atoms with Gasteiger partial charge in [-0.25, -0.2) is 4.98 Å². The Hall–Kier alpha value is -2.84. The van der Waals surface area contributed by atoms with Crippen LogP contribution in [0, 0.1) is 11.8 Å². The molecule has 2 aromatic rings. The second-order valence-electron chi connectivity index (χ2n) is 9.50. The maximum absolute atomic E-state index is 12.7. The molecule has 1 unspecified atom stereocenters. The molecule has 1 aromatic heterocycles. The summed E-state index contributed by atoms with van der Waals surface area (Å²) in [5.41, 5.74) is 2.30. The molecule has 0 bridgehead atoms. The Balaban J connectivity index is 1.59. The standard InChI is InChI=1S/C27H36ClN3O5/c1-16(32)11-19-7-10-24(35-3)22(12-19)17(2)31-25-23(28)13-21(15-29-25)26(33)30-14-18-5-8-20(9-6-18)27(34)36-4/h7,10,12-13,15-18,20,32H,5-6,8-9,11,14H2,1-4H3,(H,29,31)(H,30,33)/t16?,17-,18-,20-/m0/s1. The van der Waals surface area contributed by atoms with Crippen LogP contribution in [0.3, 0.4) is 0 Å². The van der Waals surface area contributed by atoms with Crippen LogP contribution in [0.1, 0.15) is 67.1 Å². The highest BCUT2D eigenvalue weighted by atomic mass is 35.5. The first kappa shape index (κ1) is 27.7. The number of hydrogen-bond donors (Lipinski definition) is 3. The van der Waals surface area contributed by atoms with Gasteiger partial charge in [-0.05, 0) is 75.6 Å². The molecule has 1 aliphatic carbocycles. The van der Waals surface area contributed by atoms with E-state index in [1.807, 2.05) is 25.1 Å². The fourth-order valence-electron chi connectivity index (χ4n) is 4.65. The van der Waals surface area contributed by atoms with Crippen LogP contribution in [0.4, 0.5) is 5.82 Å². The highest BCUT2D eigenvalue weighted by Crippen LogP contribution is 2.32. The van der Waals surface area contributed by atoms with Crippen LogP contribution >= 0.6 is 11.6 Å². The van der Waals surface area contributed by atoms with E-state index in [2.05, 4.69) is 15.6 Å².